The molecule has 0 aliphatic rings. The van der Waals surface area contributed by atoms with Crippen molar-refractivity contribution in [2.45, 2.75) is 72.6 Å². The van der Waals surface area contributed by atoms with E-state index in [4.69, 9.17) is 4.74 Å². The molecule has 0 aromatic heterocycles. The number of unbranched alkanes of at least 4 members (excludes halogenated alkanes) is 3. The Kier molecular flexibility index (Phi) is 11.7. The summed E-state index contributed by atoms with van der Waals surface area (Å²) in [7, 11) is 1.78. The molecule has 0 spiro atoms. The zero-order valence-electron chi connectivity index (χ0n) is 12.4. The van der Waals surface area contributed by atoms with E-state index in [-0.39, 0.29) is 0 Å². The van der Waals surface area contributed by atoms with Gasteiger partial charge in [-0.3, -0.25) is 0 Å². The van der Waals surface area contributed by atoms with Crippen LogP contribution in [-0.4, -0.2) is 25.5 Å². The Morgan fingerprint density at radius 3 is 1.53 bits per heavy atom. The second-order valence-electron chi connectivity index (χ2n) is 5.21. The SMILES string of the molecule is CCC[CH2][Sn]([CH]=COC)([CH2]CCC)[CH2]CCC. The van der Waals surface area contributed by atoms with E-state index >= 15 is 0 Å². The van der Waals surface area contributed by atoms with Gasteiger partial charge in [0.2, 0.25) is 0 Å². The molecule has 2 heteroatoms. The number of rotatable bonds is 11. The number of hydrogen-bond acceptors (Lipinski definition) is 1. The molecule has 0 saturated heterocycles. The van der Waals surface area contributed by atoms with E-state index in [1.165, 1.54) is 51.8 Å². The van der Waals surface area contributed by atoms with Gasteiger partial charge < -0.3 is 0 Å². The summed E-state index contributed by atoms with van der Waals surface area (Å²) in [5, 5.41) is 0. The molecule has 0 aromatic rings. The van der Waals surface area contributed by atoms with Gasteiger partial charge in [-0.25, -0.2) is 0 Å². The molecule has 0 aliphatic heterocycles. The van der Waals surface area contributed by atoms with Gasteiger partial charge in [-0.2, -0.15) is 0 Å². The van der Waals surface area contributed by atoms with Crippen molar-refractivity contribution in [3.8, 4) is 0 Å². The van der Waals surface area contributed by atoms with E-state index in [1.54, 1.807) is 7.11 Å². The summed E-state index contributed by atoms with van der Waals surface area (Å²) in [6, 6.07) is 0. The molecule has 0 unspecified atom stereocenters. The minimum atomic E-state index is -2.00. The standard InChI is InChI=1S/3C4H9.C3H5O.Sn/c4*1-3-4-2;/h3*1,3-4H2,2H3;1,3H,2H3;. The Morgan fingerprint density at radius 1 is 0.824 bits per heavy atom. The number of methoxy groups -OCH3 is 1. The molecular formula is C15H32OSn. The molecule has 0 N–H and O–H groups in total. The second-order valence-corrected chi connectivity index (χ2v) is 18.2. The van der Waals surface area contributed by atoms with Crippen molar-refractivity contribution in [1.29, 1.82) is 0 Å². The Balaban J connectivity index is 4.57. The van der Waals surface area contributed by atoms with Gasteiger partial charge in [0.15, 0.2) is 0 Å². The molecule has 1 nitrogen and oxygen atoms in total. The normalized spacial score (nSPS) is 12.2. The Hall–Kier alpha value is 0.339. The van der Waals surface area contributed by atoms with Crippen LogP contribution in [0.1, 0.15) is 59.3 Å². The molecule has 0 amide bonds. The van der Waals surface area contributed by atoms with Gasteiger partial charge in [-0.15, -0.1) is 0 Å². The molecule has 0 bridgehead atoms. The van der Waals surface area contributed by atoms with E-state index in [9.17, 15) is 0 Å². The van der Waals surface area contributed by atoms with Gasteiger partial charge in [-0.05, 0) is 0 Å². The molecule has 102 valence electrons. The fourth-order valence-corrected chi connectivity index (χ4v) is 16.3. The van der Waals surface area contributed by atoms with Crippen molar-refractivity contribution in [1.82, 2.24) is 0 Å². The monoisotopic (exact) mass is 348 g/mol. The molecule has 0 aromatic carbocycles. The molecular weight excluding hydrogens is 315 g/mol. The molecule has 17 heavy (non-hydrogen) atoms. The van der Waals surface area contributed by atoms with E-state index in [0.717, 1.165) is 0 Å². The molecule has 0 fully saturated rings. The number of ether oxygens (including phenoxy) is 1. The molecule has 0 radical (unpaired) electrons. The zero-order valence-corrected chi connectivity index (χ0v) is 15.3. The van der Waals surface area contributed by atoms with Crippen LogP contribution < -0.4 is 0 Å². The van der Waals surface area contributed by atoms with Gasteiger partial charge >= 0.3 is 113 Å². The third kappa shape index (κ3) is 8.12. The first-order valence-corrected chi connectivity index (χ1v) is 15.2. The molecule has 0 aliphatic carbocycles. The van der Waals surface area contributed by atoms with Crippen LogP contribution in [0.2, 0.25) is 13.3 Å². The molecule has 0 rings (SSSR count). The van der Waals surface area contributed by atoms with Crippen LogP contribution >= 0.6 is 0 Å². The van der Waals surface area contributed by atoms with Gasteiger partial charge in [0.25, 0.3) is 0 Å². The fraction of sp³-hybridized carbons (Fsp3) is 0.867. The van der Waals surface area contributed by atoms with Crippen LogP contribution in [0.3, 0.4) is 0 Å². The van der Waals surface area contributed by atoms with E-state index in [2.05, 4.69) is 24.9 Å². The summed E-state index contributed by atoms with van der Waals surface area (Å²) in [5.41, 5.74) is 0. The summed E-state index contributed by atoms with van der Waals surface area (Å²) >= 11 is -2.00. The van der Waals surface area contributed by atoms with Gasteiger partial charge in [0.1, 0.15) is 0 Å². The molecule has 0 atom stereocenters. The van der Waals surface area contributed by atoms with Crippen molar-refractivity contribution in [3.05, 3.63) is 10.4 Å². The van der Waals surface area contributed by atoms with Crippen molar-refractivity contribution in [2.24, 2.45) is 0 Å². The van der Waals surface area contributed by atoms with Crippen LogP contribution in [0.15, 0.2) is 10.4 Å². The zero-order chi connectivity index (χ0) is 13.0. The maximum atomic E-state index is 5.21. The van der Waals surface area contributed by atoms with Crippen LogP contribution in [0.4, 0.5) is 0 Å². The first kappa shape index (κ1) is 17.3. The molecule has 0 heterocycles. The van der Waals surface area contributed by atoms with Crippen LogP contribution in [0, 0.1) is 0 Å². The average Bonchev–Trinajstić information content (AvgIpc) is 2.37. The van der Waals surface area contributed by atoms with Crippen LogP contribution in [0.25, 0.3) is 0 Å². The Labute approximate surface area is 113 Å². The van der Waals surface area contributed by atoms with Crippen molar-refractivity contribution in [3.63, 3.8) is 0 Å². The van der Waals surface area contributed by atoms with E-state index in [0.29, 0.717) is 0 Å². The summed E-state index contributed by atoms with van der Waals surface area (Å²) in [6.07, 6.45) is 10.3. The first-order chi connectivity index (χ1) is 8.24. The second kappa shape index (κ2) is 11.4. The Bertz CT molecular complexity index is 168. The predicted molar refractivity (Wildman–Crippen MR) is 81.0 cm³/mol. The summed E-state index contributed by atoms with van der Waals surface area (Å²) in [6.45, 7) is 6.95. The topological polar surface area (TPSA) is 9.23 Å². The van der Waals surface area contributed by atoms with Gasteiger partial charge in [0.05, 0.1) is 0 Å². The fourth-order valence-electron chi connectivity index (χ4n) is 2.42. The van der Waals surface area contributed by atoms with Crippen molar-refractivity contribution >= 4 is 18.4 Å². The van der Waals surface area contributed by atoms with Crippen molar-refractivity contribution < 1.29 is 4.74 Å². The van der Waals surface area contributed by atoms with Gasteiger partial charge in [0, 0.05) is 0 Å². The number of hydrogen-bond donors (Lipinski definition) is 0. The van der Waals surface area contributed by atoms with E-state index in [1.807, 2.05) is 6.26 Å². The summed E-state index contributed by atoms with van der Waals surface area (Å²) in [4.78, 5) is 0. The van der Waals surface area contributed by atoms with Crippen molar-refractivity contribution in [2.75, 3.05) is 7.11 Å². The summed E-state index contributed by atoms with van der Waals surface area (Å²) < 4.78 is 12.4. The Morgan fingerprint density at radius 2 is 1.24 bits per heavy atom. The van der Waals surface area contributed by atoms with Crippen LogP contribution in [0.5, 0.6) is 0 Å². The van der Waals surface area contributed by atoms with Gasteiger partial charge in [-0.1, -0.05) is 0 Å². The predicted octanol–water partition coefficient (Wildman–Crippen LogP) is 5.53. The van der Waals surface area contributed by atoms with Crippen LogP contribution in [-0.2, 0) is 4.74 Å². The third-order valence-electron chi connectivity index (χ3n) is 3.64. The molecule has 0 saturated carbocycles. The summed E-state index contributed by atoms with van der Waals surface area (Å²) in [5.74, 6) is 0. The first-order valence-electron chi connectivity index (χ1n) is 7.45. The average molecular weight is 347 g/mol. The maximum absolute atomic E-state index is 5.21. The minimum absolute atomic E-state index is 1.34. The quantitative estimate of drug-likeness (QED) is 0.352. The third-order valence-corrected chi connectivity index (χ3v) is 17.6. The van der Waals surface area contributed by atoms with E-state index < -0.39 is 18.4 Å².